The van der Waals surface area contributed by atoms with E-state index in [2.05, 4.69) is 9.97 Å². The highest BCUT2D eigenvalue weighted by Crippen LogP contribution is 2.21. The molecule has 0 saturated carbocycles. The number of carbonyl (C=O) groups excluding carboxylic acids is 1. The zero-order valence-electron chi connectivity index (χ0n) is 8.45. The predicted molar refractivity (Wildman–Crippen MR) is 53.6 cm³/mol. The van der Waals surface area contributed by atoms with E-state index in [-0.39, 0.29) is 5.78 Å². The molecule has 74 valence electrons. The molecule has 0 bridgehead atoms. The van der Waals surface area contributed by atoms with Gasteiger partial charge in [0.05, 0.1) is 5.56 Å². The van der Waals surface area contributed by atoms with Crippen molar-refractivity contribution in [3.05, 3.63) is 17.6 Å². The molecule has 1 aromatic heterocycles. The molecule has 2 heterocycles. The number of Topliss-reactive ketones (excluding diaryl/α,β-unsaturated/α-hetero) is 1. The van der Waals surface area contributed by atoms with Crippen LogP contribution in [0.4, 0.5) is 5.82 Å². The van der Waals surface area contributed by atoms with Crippen LogP contribution in [0.5, 0.6) is 0 Å². The van der Waals surface area contributed by atoms with Gasteiger partial charge in [-0.2, -0.15) is 0 Å². The van der Waals surface area contributed by atoms with Gasteiger partial charge in [-0.15, -0.1) is 0 Å². The highest BCUT2D eigenvalue weighted by Gasteiger charge is 2.20. The second-order valence-electron chi connectivity index (χ2n) is 3.60. The highest BCUT2D eigenvalue weighted by molar-refractivity contribution is 6.00. The van der Waals surface area contributed by atoms with Gasteiger partial charge in [-0.3, -0.25) is 4.79 Å². The Balaban J connectivity index is 2.54. The Morgan fingerprint density at radius 2 is 2.29 bits per heavy atom. The van der Waals surface area contributed by atoms with Gasteiger partial charge in [0.25, 0.3) is 0 Å². The molecule has 0 atom stereocenters. The Bertz CT molecular complexity index is 376. The molecule has 0 aliphatic carbocycles. The van der Waals surface area contributed by atoms with E-state index in [0.717, 1.165) is 18.8 Å². The second kappa shape index (κ2) is 3.36. The van der Waals surface area contributed by atoms with E-state index >= 15 is 0 Å². The molecule has 4 heteroatoms. The summed E-state index contributed by atoms with van der Waals surface area (Å²) in [6, 6.07) is 0. The summed E-state index contributed by atoms with van der Waals surface area (Å²) in [4.78, 5) is 22.0. The van der Waals surface area contributed by atoms with E-state index in [1.165, 1.54) is 0 Å². The minimum atomic E-state index is 0.157. The van der Waals surface area contributed by atoms with Crippen LogP contribution < -0.4 is 4.90 Å². The fraction of sp³-hybridized carbons (Fsp3) is 0.500. The first-order valence-electron chi connectivity index (χ1n) is 4.76. The summed E-state index contributed by atoms with van der Waals surface area (Å²) in [5.41, 5.74) is 0.663. The van der Waals surface area contributed by atoms with Crippen LogP contribution in [0.1, 0.15) is 29.0 Å². The van der Waals surface area contributed by atoms with Crippen LogP contribution in [-0.4, -0.2) is 29.3 Å². The molecule has 4 nitrogen and oxygen atoms in total. The summed E-state index contributed by atoms with van der Waals surface area (Å²) in [5, 5.41) is 0. The number of nitrogens with zero attached hydrogens (tertiary/aromatic N) is 3. The van der Waals surface area contributed by atoms with Crippen molar-refractivity contribution in [2.45, 2.75) is 19.8 Å². The molecule has 0 saturated heterocycles. The number of anilines is 1. The van der Waals surface area contributed by atoms with Crippen LogP contribution in [0.15, 0.2) is 6.20 Å². The molecule has 14 heavy (non-hydrogen) atoms. The fourth-order valence-electron chi connectivity index (χ4n) is 1.66. The molecule has 0 N–H and O–H groups in total. The van der Waals surface area contributed by atoms with Gasteiger partial charge in [-0.25, -0.2) is 9.97 Å². The lowest BCUT2D eigenvalue weighted by molar-refractivity contribution is 0.0983. The minimum absolute atomic E-state index is 0.157. The fourth-order valence-corrected chi connectivity index (χ4v) is 1.66. The van der Waals surface area contributed by atoms with Gasteiger partial charge in [0.15, 0.2) is 5.78 Å². The monoisotopic (exact) mass is 191 g/mol. The van der Waals surface area contributed by atoms with Crippen molar-refractivity contribution in [3.63, 3.8) is 0 Å². The Labute approximate surface area is 83.0 Å². The summed E-state index contributed by atoms with van der Waals surface area (Å²) >= 11 is 0. The molecule has 1 aliphatic rings. The molecule has 0 unspecified atom stereocenters. The summed E-state index contributed by atoms with van der Waals surface area (Å²) in [6.45, 7) is 2.72. The van der Waals surface area contributed by atoms with Crippen molar-refractivity contribution in [2.24, 2.45) is 0 Å². The van der Waals surface area contributed by atoms with Crippen molar-refractivity contribution in [3.8, 4) is 0 Å². The Hall–Kier alpha value is -1.45. The average Bonchev–Trinajstić information content (AvgIpc) is 2.28. The van der Waals surface area contributed by atoms with Crippen molar-refractivity contribution in [1.82, 2.24) is 9.97 Å². The van der Waals surface area contributed by atoms with Gasteiger partial charge in [-0.1, -0.05) is 0 Å². The molecule has 0 aromatic carbocycles. The third-order valence-electron chi connectivity index (χ3n) is 2.45. The first kappa shape index (κ1) is 9.12. The van der Waals surface area contributed by atoms with Crippen LogP contribution in [-0.2, 0) is 0 Å². The van der Waals surface area contributed by atoms with Gasteiger partial charge in [0.2, 0.25) is 0 Å². The molecular formula is C10H13N3O. The largest absolute Gasteiger partial charge is 0.359 e. The third-order valence-corrected chi connectivity index (χ3v) is 2.45. The van der Waals surface area contributed by atoms with Gasteiger partial charge in [0, 0.05) is 26.2 Å². The lowest BCUT2D eigenvalue weighted by atomic mass is 10.1. The van der Waals surface area contributed by atoms with Crippen LogP contribution in [0.25, 0.3) is 0 Å². The molecule has 0 spiro atoms. The van der Waals surface area contributed by atoms with E-state index in [1.807, 2.05) is 18.9 Å². The third kappa shape index (κ3) is 1.47. The van der Waals surface area contributed by atoms with Crippen molar-refractivity contribution in [2.75, 3.05) is 18.5 Å². The van der Waals surface area contributed by atoms with Crippen LogP contribution in [0.3, 0.4) is 0 Å². The van der Waals surface area contributed by atoms with E-state index < -0.39 is 0 Å². The number of aryl methyl sites for hydroxylation is 1. The lowest BCUT2D eigenvalue weighted by Crippen LogP contribution is -2.19. The maximum Gasteiger partial charge on any atom is 0.168 e. The number of carbonyl (C=O) groups is 1. The highest BCUT2D eigenvalue weighted by atomic mass is 16.1. The second-order valence-corrected chi connectivity index (χ2v) is 3.60. The normalized spacial score (nSPS) is 16.4. The summed E-state index contributed by atoms with van der Waals surface area (Å²) < 4.78 is 0. The van der Waals surface area contributed by atoms with Gasteiger partial charge in [0.1, 0.15) is 11.6 Å². The molecule has 0 fully saturated rings. The molecule has 1 aliphatic heterocycles. The molecule has 0 radical (unpaired) electrons. The Kier molecular flexibility index (Phi) is 2.19. The smallest absolute Gasteiger partial charge is 0.168 e. The van der Waals surface area contributed by atoms with E-state index in [9.17, 15) is 4.79 Å². The molecular weight excluding hydrogens is 178 g/mol. The van der Waals surface area contributed by atoms with Gasteiger partial charge in [-0.05, 0) is 13.3 Å². The number of hydrogen-bond acceptors (Lipinski definition) is 4. The molecule has 0 amide bonds. The first-order valence-corrected chi connectivity index (χ1v) is 4.76. The topological polar surface area (TPSA) is 46.1 Å². The maximum absolute atomic E-state index is 11.7. The zero-order chi connectivity index (χ0) is 10.1. The minimum Gasteiger partial charge on any atom is -0.359 e. The molecule has 1 aromatic rings. The Morgan fingerprint density at radius 1 is 1.50 bits per heavy atom. The van der Waals surface area contributed by atoms with Crippen LogP contribution >= 0.6 is 0 Å². The summed E-state index contributed by atoms with van der Waals surface area (Å²) in [7, 11) is 1.96. The number of fused-ring (bicyclic) bond motifs is 1. The maximum atomic E-state index is 11.7. The van der Waals surface area contributed by atoms with Gasteiger partial charge < -0.3 is 4.90 Å². The van der Waals surface area contributed by atoms with Gasteiger partial charge >= 0.3 is 0 Å². The molecule has 2 rings (SSSR count). The van der Waals surface area contributed by atoms with E-state index in [0.29, 0.717) is 17.8 Å². The first-order chi connectivity index (χ1) is 6.68. The summed E-state index contributed by atoms with van der Waals surface area (Å²) in [5.74, 6) is 1.65. The number of ketones is 1. The predicted octanol–water partition coefficient (Wildman–Crippen LogP) is 1.20. The van der Waals surface area contributed by atoms with Crippen LogP contribution in [0.2, 0.25) is 0 Å². The lowest BCUT2D eigenvalue weighted by Gasteiger charge is -2.16. The van der Waals surface area contributed by atoms with E-state index in [4.69, 9.17) is 0 Å². The quantitative estimate of drug-likeness (QED) is 0.618. The summed E-state index contributed by atoms with van der Waals surface area (Å²) in [6.07, 6.45) is 3.14. The van der Waals surface area contributed by atoms with Crippen molar-refractivity contribution in [1.29, 1.82) is 0 Å². The number of hydrogen-bond donors (Lipinski definition) is 0. The average molecular weight is 191 g/mol. The SMILES string of the molecule is Cc1ncc2c(n1)N(C)CCCC2=O. The van der Waals surface area contributed by atoms with Crippen LogP contribution in [0, 0.1) is 6.92 Å². The van der Waals surface area contributed by atoms with Crippen molar-refractivity contribution >= 4 is 11.6 Å². The van der Waals surface area contributed by atoms with Crippen molar-refractivity contribution < 1.29 is 4.79 Å². The number of rotatable bonds is 0. The zero-order valence-corrected chi connectivity index (χ0v) is 8.45. The Morgan fingerprint density at radius 3 is 3.07 bits per heavy atom. The standard InChI is InChI=1S/C10H13N3O/c1-7-11-6-8-9(14)4-3-5-13(2)10(8)12-7/h6H,3-5H2,1-2H3. The number of aromatic nitrogens is 2. The van der Waals surface area contributed by atoms with E-state index in [1.54, 1.807) is 6.20 Å².